The highest BCUT2D eigenvalue weighted by Gasteiger charge is 2.17. The third-order valence-electron chi connectivity index (χ3n) is 2.78. The lowest BCUT2D eigenvalue weighted by Crippen LogP contribution is -2.00. The standard InChI is InChI=1S/C15H14F2O3/c1-9(18)15-13(19-2)4-3-5-14(15)20-12-7-6-10(16)8-11(12)17/h3-9,18H,1-2H3/t9-/m1/s1. The molecule has 0 spiro atoms. The Morgan fingerprint density at radius 3 is 2.35 bits per heavy atom. The molecule has 106 valence electrons. The first-order chi connectivity index (χ1) is 9.52. The first-order valence-corrected chi connectivity index (χ1v) is 6.00. The fourth-order valence-corrected chi connectivity index (χ4v) is 1.88. The normalized spacial score (nSPS) is 12.1. The smallest absolute Gasteiger partial charge is 0.168 e. The molecule has 0 saturated heterocycles. The number of hydrogen-bond acceptors (Lipinski definition) is 3. The van der Waals surface area contributed by atoms with E-state index in [1.165, 1.54) is 13.2 Å². The van der Waals surface area contributed by atoms with Gasteiger partial charge in [-0.1, -0.05) is 6.07 Å². The molecule has 0 radical (unpaired) electrons. The van der Waals surface area contributed by atoms with Crippen LogP contribution in [0.2, 0.25) is 0 Å². The molecule has 1 N–H and O–H groups in total. The van der Waals surface area contributed by atoms with Gasteiger partial charge < -0.3 is 14.6 Å². The molecule has 3 nitrogen and oxygen atoms in total. The molecule has 0 heterocycles. The van der Waals surface area contributed by atoms with Crippen LogP contribution in [0.25, 0.3) is 0 Å². The average Bonchev–Trinajstić information content (AvgIpc) is 2.41. The van der Waals surface area contributed by atoms with Gasteiger partial charge in [-0.25, -0.2) is 8.78 Å². The monoisotopic (exact) mass is 280 g/mol. The first kappa shape index (κ1) is 14.3. The molecular formula is C15H14F2O3. The van der Waals surface area contributed by atoms with E-state index in [1.54, 1.807) is 25.1 Å². The Labute approximate surface area is 115 Å². The minimum Gasteiger partial charge on any atom is -0.496 e. The van der Waals surface area contributed by atoms with Crippen LogP contribution in [0.3, 0.4) is 0 Å². The summed E-state index contributed by atoms with van der Waals surface area (Å²) in [6.45, 7) is 1.55. The van der Waals surface area contributed by atoms with Crippen LogP contribution < -0.4 is 9.47 Å². The van der Waals surface area contributed by atoms with Gasteiger partial charge in [-0.3, -0.25) is 0 Å². The van der Waals surface area contributed by atoms with E-state index in [9.17, 15) is 13.9 Å². The third-order valence-corrected chi connectivity index (χ3v) is 2.78. The molecular weight excluding hydrogens is 266 g/mol. The molecule has 2 aromatic carbocycles. The number of rotatable bonds is 4. The van der Waals surface area contributed by atoms with Crippen molar-refractivity contribution >= 4 is 0 Å². The summed E-state index contributed by atoms with van der Waals surface area (Å²) in [7, 11) is 1.46. The molecule has 2 aromatic rings. The van der Waals surface area contributed by atoms with E-state index >= 15 is 0 Å². The zero-order chi connectivity index (χ0) is 14.7. The minimum absolute atomic E-state index is 0.124. The molecule has 0 aromatic heterocycles. The van der Waals surface area contributed by atoms with E-state index in [0.29, 0.717) is 11.3 Å². The maximum absolute atomic E-state index is 13.6. The molecule has 0 aliphatic rings. The van der Waals surface area contributed by atoms with Gasteiger partial charge in [-0.2, -0.15) is 0 Å². The van der Waals surface area contributed by atoms with Crippen molar-refractivity contribution < 1.29 is 23.4 Å². The maximum atomic E-state index is 13.6. The summed E-state index contributed by atoms with van der Waals surface area (Å²) in [6, 6.07) is 7.92. The number of methoxy groups -OCH3 is 1. The van der Waals surface area contributed by atoms with E-state index in [1.807, 2.05) is 0 Å². The minimum atomic E-state index is -0.857. The molecule has 5 heteroatoms. The molecule has 2 rings (SSSR count). The van der Waals surface area contributed by atoms with E-state index in [-0.39, 0.29) is 11.5 Å². The van der Waals surface area contributed by atoms with Crippen molar-refractivity contribution in [3.63, 3.8) is 0 Å². The van der Waals surface area contributed by atoms with Crippen molar-refractivity contribution in [1.82, 2.24) is 0 Å². The molecule has 0 saturated carbocycles. The number of aliphatic hydroxyl groups is 1. The Kier molecular flexibility index (Phi) is 4.20. The van der Waals surface area contributed by atoms with Gasteiger partial charge in [-0.05, 0) is 31.2 Å². The molecule has 0 bridgehead atoms. The average molecular weight is 280 g/mol. The lowest BCUT2D eigenvalue weighted by atomic mass is 10.1. The van der Waals surface area contributed by atoms with E-state index in [2.05, 4.69) is 0 Å². The summed E-state index contributed by atoms with van der Waals surface area (Å²) >= 11 is 0. The predicted octanol–water partition coefficient (Wildman–Crippen LogP) is 3.82. The van der Waals surface area contributed by atoms with Gasteiger partial charge in [0, 0.05) is 6.07 Å². The Hall–Kier alpha value is -2.14. The van der Waals surface area contributed by atoms with Crippen molar-refractivity contribution in [3.05, 3.63) is 53.6 Å². The topological polar surface area (TPSA) is 38.7 Å². The third kappa shape index (κ3) is 2.88. The lowest BCUT2D eigenvalue weighted by Gasteiger charge is -2.16. The van der Waals surface area contributed by atoms with Crippen LogP contribution in [0, 0.1) is 11.6 Å². The summed E-state index contributed by atoms with van der Waals surface area (Å²) in [5.74, 6) is -0.938. The predicted molar refractivity (Wildman–Crippen MR) is 70.1 cm³/mol. The maximum Gasteiger partial charge on any atom is 0.168 e. The molecule has 20 heavy (non-hydrogen) atoms. The Balaban J connectivity index is 2.43. The number of aliphatic hydroxyl groups excluding tert-OH is 1. The second kappa shape index (κ2) is 5.88. The summed E-state index contributed by atoms with van der Waals surface area (Å²) in [5, 5.41) is 9.79. The second-order valence-electron chi connectivity index (χ2n) is 4.22. The van der Waals surface area contributed by atoms with E-state index < -0.39 is 17.7 Å². The van der Waals surface area contributed by atoms with Gasteiger partial charge in [0.25, 0.3) is 0 Å². The Morgan fingerprint density at radius 2 is 1.75 bits per heavy atom. The SMILES string of the molecule is COc1cccc(Oc2ccc(F)cc2F)c1[C@@H](C)O. The van der Waals surface area contributed by atoms with Crippen molar-refractivity contribution in [2.45, 2.75) is 13.0 Å². The van der Waals surface area contributed by atoms with E-state index in [4.69, 9.17) is 9.47 Å². The van der Waals surface area contributed by atoms with Gasteiger partial charge in [0.2, 0.25) is 0 Å². The molecule has 0 unspecified atom stereocenters. The summed E-state index contributed by atoms with van der Waals surface area (Å²) in [5.41, 5.74) is 0.402. The van der Waals surface area contributed by atoms with Crippen LogP contribution in [0.15, 0.2) is 36.4 Å². The van der Waals surface area contributed by atoms with Gasteiger partial charge in [-0.15, -0.1) is 0 Å². The van der Waals surface area contributed by atoms with Gasteiger partial charge >= 0.3 is 0 Å². The summed E-state index contributed by atoms with van der Waals surface area (Å²) < 4.78 is 37.0. The van der Waals surface area contributed by atoms with Gasteiger partial charge in [0.05, 0.1) is 18.8 Å². The molecule has 0 aliphatic carbocycles. The highest BCUT2D eigenvalue weighted by molar-refractivity contribution is 5.48. The van der Waals surface area contributed by atoms with Crippen molar-refractivity contribution in [3.8, 4) is 17.2 Å². The van der Waals surface area contributed by atoms with Crippen LogP contribution in [-0.2, 0) is 0 Å². The fraction of sp³-hybridized carbons (Fsp3) is 0.200. The zero-order valence-corrected chi connectivity index (χ0v) is 11.1. The Morgan fingerprint density at radius 1 is 1.05 bits per heavy atom. The second-order valence-corrected chi connectivity index (χ2v) is 4.22. The van der Waals surface area contributed by atoms with Crippen LogP contribution in [0.4, 0.5) is 8.78 Å². The van der Waals surface area contributed by atoms with Gasteiger partial charge in [0.1, 0.15) is 17.3 Å². The first-order valence-electron chi connectivity index (χ1n) is 6.00. The molecule has 1 atom stereocenters. The Bertz CT molecular complexity index is 612. The van der Waals surface area contributed by atoms with Gasteiger partial charge in [0.15, 0.2) is 11.6 Å². The number of benzene rings is 2. The quantitative estimate of drug-likeness (QED) is 0.925. The van der Waals surface area contributed by atoms with Crippen LogP contribution in [0.5, 0.6) is 17.2 Å². The van der Waals surface area contributed by atoms with Crippen molar-refractivity contribution in [1.29, 1.82) is 0 Å². The molecule has 0 aliphatic heterocycles. The number of ether oxygens (including phenoxy) is 2. The van der Waals surface area contributed by atoms with Crippen molar-refractivity contribution in [2.24, 2.45) is 0 Å². The van der Waals surface area contributed by atoms with Crippen LogP contribution in [0.1, 0.15) is 18.6 Å². The summed E-state index contributed by atoms with van der Waals surface area (Å²) in [4.78, 5) is 0. The highest BCUT2D eigenvalue weighted by atomic mass is 19.1. The molecule has 0 amide bonds. The van der Waals surface area contributed by atoms with Crippen LogP contribution in [-0.4, -0.2) is 12.2 Å². The summed E-state index contributed by atoms with van der Waals surface area (Å²) in [6.07, 6.45) is -0.857. The number of hydrogen-bond donors (Lipinski definition) is 1. The van der Waals surface area contributed by atoms with E-state index in [0.717, 1.165) is 12.1 Å². The largest absolute Gasteiger partial charge is 0.496 e. The van der Waals surface area contributed by atoms with Crippen molar-refractivity contribution in [2.75, 3.05) is 7.11 Å². The lowest BCUT2D eigenvalue weighted by molar-refractivity contribution is 0.190. The highest BCUT2D eigenvalue weighted by Crippen LogP contribution is 2.37. The number of halogens is 2. The van der Waals surface area contributed by atoms with Crippen LogP contribution >= 0.6 is 0 Å². The zero-order valence-electron chi connectivity index (χ0n) is 11.1. The fourth-order valence-electron chi connectivity index (χ4n) is 1.88. The molecule has 0 fully saturated rings.